The summed E-state index contributed by atoms with van der Waals surface area (Å²) >= 11 is 4.99. The lowest BCUT2D eigenvalue weighted by atomic mass is 10.2. The van der Waals surface area contributed by atoms with Crippen LogP contribution in [0, 0.1) is 0 Å². The first-order valence-electron chi connectivity index (χ1n) is 5.53. The molecule has 0 spiro atoms. The minimum atomic E-state index is -0.486. The molecule has 0 saturated carbocycles. The molecule has 2 aromatic heterocycles. The van der Waals surface area contributed by atoms with Crippen molar-refractivity contribution in [3.63, 3.8) is 0 Å². The van der Waals surface area contributed by atoms with Crippen LogP contribution in [-0.4, -0.2) is 14.9 Å². The summed E-state index contributed by atoms with van der Waals surface area (Å²) < 4.78 is 2.88. The second-order valence-corrected chi connectivity index (χ2v) is 6.04. The van der Waals surface area contributed by atoms with Crippen LogP contribution in [0.2, 0.25) is 0 Å². The van der Waals surface area contributed by atoms with E-state index in [-0.39, 0.29) is 0 Å². The first-order valence-corrected chi connectivity index (χ1v) is 7.20. The molecule has 0 aliphatic rings. The van der Waals surface area contributed by atoms with Crippen molar-refractivity contribution >= 4 is 27.3 Å². The van der Waals surface area contributed by atoms with E-state index >= 15 is 0 Å². The van der Waals surface area contributed by atoms with E-state index in [2.05, 4.69) is 34.9 Å². The number of hydrogen-bond acceptors (Lipinski definition) is 3. The van der Waals surface area contributed by atoms with Crippen molar-refractivity contribution in [2.24, 2.45) is 0 Å². The van der Waals surface area contributed by atoms with Gasteiger partial charge in [-0.1, -0.05) is 0 Å². The lowest BCUT2D eigenvalue weighted by molar-refractivity contribution is 0.180. The summed E-state index contributed by atoms with van der Waals surface area (Å²) in [5, 5.41) is 16.5. The molecule has 1 atom stereocenters. The van der Waals surface area contributed by atoms with E-state index in [9.17, 15) is 5.11 Å². The highest BCUT2D eigenvalue weighted by Gasteiger charge is 2.15. The van der Waals surface area contributed by atoms with E-state index in [1.165, 1.54) is 0 Å². The minimum absolute atomic E-state index is 0.356. The Kier molecular flexibility index (Phi) is 4.01. The molecular formula is C12H15BrN2OS. The van der Waals surface area contributed by atoms with Gasteiger partial charge in [0, 0.05) is 28.0 Å². The van der Waals surface area contributed by atoms with Gasteiger partial charge in [0.1, 0.15) is 0 Å². The van der Waals surface area contributed by atoms with Gasteiger partial charge in [0.25, 0.3) is 0 Å². The number of halogens is 1. The van der Waals surface area contributed by atoms with Gasteiger partial charge in [0.2, 0.25) is 0 Å². The Morgan fingerprint density at radius 3 is 2.76 bits per heavy atom. The molecule has 3 nitrogen and oxygen atoms in total. The van der Waals surface area contributed by atoms with E-state index in [1.54, 1.807) is 11.3 Å². The first-order chi connectivity index (χ1) is 8.08. The third-order valence-corrected chi connectivity index (χ3v) is 4.51. The van der Waals surface area contributed by atoms with Crippen LogP contribution in [-0.2, 0) is 6.42 Å². The summed E-state index contributed by atoms with van der Waals surface area (Å²) in [6.45, 7) is 4.17. The fraction of sp³-hybridized carbons (Fsp3) is 0.417. The highest BCUT2D eigenvalue weighted by atomic mass is 79.9. The van der Waals surface area contributed by atoms with Crippen molar-refractivity contribution in [1.82, 2.24) is 9.78 Å². The Morgan fingerprint density at radius 1 is 1.47 bits per heavy atom. The van der Waals surface area contributed by atoms with Crippen LogP contribution < -0.4 is 0 Å². The van der Waals surface area contributed by atoms with Crippen molar-refractivity contribution in [2.45, 2.75) is 32.4 Å². The van der Waals surface area contributed by atoms with Gasteiger partial charge in [0.05, 0.1) is 11.8 Å². The summed E-state index contributed by atoms with van der Waals surface area (Å²) in [7, 11) is 0. The maximum absolute atomic E-state index is 10.1. The molecule has 0 amide bonds. The SMILES string of the molecule is CC(C)n1ccc(CC(O)c2sccc2Br)n1. The number of thiophene rings is 1. The van der Waals surface area contributed by atoms with Crippen LogP contribution in [0.3, 0.4) is 0 Å². The number of aromatic nitrogens is 2. The second-order valence-electron chi connectivity index (χ2n) is 4.23. The predicted octanol–water partition coefficient (Wildman–Crippen LogP) is 3.56. The Balaban J connectivity index is 2.08. The van der Waals surface area contributed by atoms with E-state index in [4.69, 9.17) is 0 Å². The molecule has 0 bridgehead atoms. The normalized spacial score (nSPS) is 13.2. The number of rotatable bonds is 4. The number of aliphatic hydroxyl groups excluding tert-OH is 1. The van der Waals surface area contributed by atoms with Crippen LogP contribution in [0.1, 0.15) is 36.6 Å². The molecule has 1 N–H and O–H groups in total. The Morgan fingerprint density at radius 2 is 2.24 bits per heavy atom. The fourth-order valence-electron chi connectivity index (χ4n) is 1.61. The van der Waals surface area contributed by atoms with Gasteiger partial charge >= 0.3 is 0 Å². The molecule has 0 aliphatic heterocycles. The summed E-state index contributed by atoms with van der Waals surface area (Å²) in [5.41, 5.74) is 0.923. The molecule has 0 fully saturated rings. The molecule has 0 saturated heterocycles. The monoisotopic (exact) mass is 314 g/mol. The van der Waals surface area contributed by atoms with Gasteiger partial charge in [0.15, 0.2) is 0 Å². The van der Waals surface area contributed by atoms with Crippen molar-refractivity contribution in [3.05, 3.63) is 38.8 Å². The summed E-state index contributed by atoms with van der Waals surface area (Å²) in [5.74, 6) is 0. The molecular weight excluding hydrogens is 300 g/mol. The summed E-state index contributed by atoms with van der Waals surface area (Å²) in [4.78, 5) is 0.962. The predicted molar refractivity (Wildman–Crippen MR) is 73.3 cm³/mol. The van der Waals surface area contributed by atoms with E-state index in [0.29, 0.717) is 12.5 Å². The molecule has 2 aromatic rings. The average Bonchev–Trinajstić information content (AvgIpc) is 2.86. The Bertz CT molecular complexity index is 492. The van der Waals surface area contributed by atoms with Gasteiger partial charge in [-0.3, -0.25) is 4.68 Å². The molecule has 0 radical (unpaired) electrons. The highest BCUT2D eigenvalue weighted by Crippen LogP contribution is 2.30. The zero-order valence-corrected chi connectivity index (χ0v) is 12.2. The Labute approximate surface area is 113 Å². The molecule has 92 valence electrons. The largest absolute Gasteiger partial charge is 0.387 e. The van der Waals surface area contributed by atoms with E-state index < -0.39 is 6.10 Å². The molecule has 0 aromatic carbocycles. The highest BCUT2D eigenvalue weighted by molar-refractivity contribution is 9.10. The number of nitrogens with zero attached hydrogens (tertiary/aromatic N) is 2. The second kappa shape index (κ2) is 5.33. The fourth-order valence-corrected chi connectivity index (χ4v) is 3.23. The van der Waals surface area contributed by atoms with Gasteiger partial charge in [-0.25, -0.2) is 0 Å². The summed E-state index contributed by atoms with van der Waals surface area (Å²) in [6, 6.07) is 4.27. The third-order valence-electron chi connectivity index (χ3n) is 2.54. The molecule has 17 heavy (non-hydrogen) atoms. The van der Waals surface area contributed by atoms with Gasteiger partial charge in [-0.15, -0.1) is 11.3 Å². The van der Waals surface area contributed by atoms with Crippen LogP contribution in [0.5, 0.6) is 0 Å². The van der Waals surface area contributed by atoms with E-state index in [1.807, 2.05) is 28.4 Å². The number of hydrogen-bond donors (Lipinski definition) is 1. The third kappa shape index (κ3) is 2.97. The van der Waals surface area contributed by atoms with Crippen LogP contribution in [0.15, 0.2) is 28.2 Å². The van der Waals surface area contributed by atoms with Crippen LogP contribution in [0.25, 0.3) is 0 Å². The van der Waals surface area contributed by atoms with Gasteiger partial charge in [-0.05, 0) is 47.3 Å². The molecule has 0 aliphatic carbocycles. The maximum Gasteiger partial charge on any atom is 0.0949 e. The number of aliphatic hydroxyl groups is 1. The minimum Gasteiger partial charge on any atom is -0.387 e. The van der Waals surface area contributed by atoms with E-state index in [0.717, 1.165) is 15.0 Å². The first kappa shape index (κ1) is 12.8. The van der Waals surface area contributed by atoms with Crippen LogP contribution in [0.4, 0.5) is 0 Å². The quantitative estimate of drug-likeness (QED) is 0.937. The zero-order chi connectivity index (χ0) is 12.4. The molecule has 5 heteroatoms. The van der Waals surface area contributed by atoms with Crippen molar-refractivity contribution in [2.75, 3.05) is 0 Å². The standard InChI is InChI=1S/C12H15BrN2OS/c1-8(2)15-5-3-9(14-15)7-11(16)12-10(13)4-6-17-12/h3-6,8,11,16H,7H2,1-2H3. The van der Waals surface area contributed by atoms with Crippen LogP contribution >= 0.6 is 27.3 Å². The topological polar surface area (TPSA) is 38.0 Å². The van der Waals surface area contributed by atoms with Gasteiger partial charge < -0.3 is 5.11 Å². The lowest BCUT2D eigenvalue weighted by Gasteiger charge is -2.08. The van der Waals surface area contributed by atoms with Crippen molar-refractivity contribution in [1.29, 1.82) is 0 Å². The Hall–Kier alpha value is -0.650. The smallest absolute Gasteiger partial charge is 0.0949 e. The van der Waals surface area contributed by atoms with Crippen molar-refractivity contribution in [3.8, 4) is 0 Å². The maximum atomic E-state index is 10.1. The molecule has 1 unspecified atom stereocenters. The zero-order valence-electron chi connectivity index (χ0n) is 9.80. The van der Waals surface area contributed by atoms with Crippen molar-refractivity contribution < 1.29 is 5.11 Å². The molecule has 2 heterocycles. The van der Waals surface area contributed by atoms with Gasteiger partial charge in [-0.2, -0.15) is 5.10 Å². The lowest BCUT2D eigenvalue weighted by Crippen LogP contribution is -2.04. The molecule has 2 rings (SSSR count). The summed E-state index contributed by atoms with van der Waals surface area (Å²) in [6.07, 6.45) is 2.02. The average molecular weight is 315 g/mol.